The molecule has 1 aliphatic heterocycles. The Hall–Kier alpha value is -2.38. The number of allylic oxidation sites excluding steroid dienone is 1. The molecule has 0 aromatic heterocycles. The number of hydrogen-bond donors (Lipinski definition) is 0. The number of rotatable bonds is 1. The summed E-state index contributed by atoms with van der Waals surface area (Å²) in [5.74, 6) is -0.395. The number of benzene rings is 1. The summed E-state index contributed by atoms with van der Waals surface area (Å²) in [4.78, 5) is 27.5. The molecule has 122 valence electrons. The van der Waals surface area contributed by atoms with Crippen molar-refractivity contribution in [2.45, 2.75) is 19.3 Å². The highest BCUT2D eigenvalue weighted by Crippen LogP contribution is 2.51. The lowest BCUT2D eigenvalue weighted by Gasteiger charge is -2.47. The minimum absolute atomic E-state index is 0.0238. The van der Waals surface area contributed by atoms with Gasteiger partial charge in [0.1, 0.15) is 11.5 Å². The third-order valence-electron chi connectivity index (χ3n) is 4.94. The summed E-state index contributed by atoms with van der Waals surface area (Å²) < 4.78 is 0. The molecule has 3 rings (SSSR count). The second-order valence-corrected chi connectivity index (χ2v) is 7.18. The van der Waals surface area contributed by atoms with Crippen molar-refractivity contribution in [2.24, 2.45) is 5.41 Å². The van der Waals surface area contributed by atoms with Crippen molar-refractivity contribution in [3.63, 3.8) is 0 Å². The van der Waals surface area contributed by atoms with Crippen LogP contribution < -0.4 is 0 Å². The van der Waals surface area contributed by atoms with Gasteiger partial charge in [0.05, 0.1) is 11.0 Å². The average Bonchev–Trinajstić information content (AvgIpc) is 2.55. The Morgan fingerprint density at radius 1 is 1.21 bits per heavy atom. The van der Waals surface area contributed by atoms with Crippen LogP contribution in [-0.4, -0.2) is 30.2 Å². The molecule has 0 saturated heterocycles. The number of likely N-dealkylation sites (N-methyl/N-ethyl adjacent to an activating group) is 1. The van der Waals surface area contributed by atoms with E-state index in [4.69, 9.17) is 11.6 Å². The molecule has 4 nitrogen and oxygen atoms in total. The van der Waals surface area contributed by atoms with Crippen LogP contribution in [0.2, 0.25) is 5.02 Å². The van der Waals surface area contributed by atoms with Gasteiger partial charge in [0.25, 0.3) is 0 Å². The molecule has 0 fully saturated rings. The van der Waals surface area contributed by atoms with E-state index in [-0.39, 0.29) is 17.3 Å². The highest BCUT2D eigenvalue weighted by molar-refractivity contribution is 6.30. The van der Waals surface area contributed by atoms with Gasteiger partial charge >= 0.3 is 0 Å². The van der Waals surface area contributed by atoms with E-state index in [0.717, 1.165) is 5.57 Å². The van der Waals surface area contributed by atoms with Crippen LogP contribution in [0.15, 0.2) is 47.6 Å². The maximum absolute atomic E-state index is 13.2. The largest absolute Gasteiger partial charge is 0.341 e. The first-order chi connectivity index (χ1) is 11.2. The van der Waals surface area contributed by atoms with Gasteiger partial charge in [-0.05, 0) is 43.2 Å². The van der Waals surface area contributed by atoms with Gasteiger partial charge in [0.15, 0.2) is 5.78 Å². The summed E-state index contributed by atoms with van der Waals surface area (Å²) in [6.45, 7) is 3.99. The third-order valence-corrected chi connectivity index (χ3v) is 5.20. The monoisotopic (exact) mass is 340 g/mol. The zero-order valence-electron chi connectivity index (χ0n) is 13.8. The molecule has 1 aromatic rings. The molecule has 2 aliphatic rings. The van der Waals surface area contributed by atoms with Gasteiger partial charge in [0, 0.05) is 18.6 Å². The molecule has 5 heteroatoms. The van der Waals surface area contributed by atoms with Crippen molar-refractivity contribution >= 4 is 23.3 Å². The van der Waals surface area contributed by atoms with Crippen LogP contribution in [0.3, 0.4) is 0 Å². The average molecular weight is 341 g/mol. The molecule has 0 N–H and O–H groups in total. The lowest BCUT2D eigenvalue weighted by Crippen LogP contribution is -2.55. The second kappa shape index (κ2) is 5.32. The Balaban J connectivity index is 2.40. The van der Waals surface area contributed by atoms with Crippen molar-refractivity contribution in [2.75, 3.05) is 13.6 Å². The first-order valence-corrected chi connectivity index (χ1v) is 8.03. The first-order valence-electron chi connectivity index (χ1n) is 7.65. The summed E-state index contributed by atoms with van der Waals surface area (Å²) in [7, 11) is 1.72. The molecule has 24 heavy (non-hydrogen) atoms. The molecule has 0 bridgehead atoms. The smallest absolute Gasteiger partial charge is 0.241 e. The maximum atomic E-state index is 13.2. The third kappa shape index (κ3) is 2.05. The Morgan fingerprint density at radius 3 is 2.42 bits per heavy atom. The highest BCUT2D eigenvalue weighted by atomic mass is 35.5. The fourth-order valence-electron chi connectivity index (χ4n) is 3.68. The summed E-state index contributed by atoms with van der Waals surface area (Å²) in [6.07, 6.45) is 3.45. The summed E-state index contributed by atoms with van der Waals surface area (Å²) in [5.41, 5.74) is -0.598. The summed E-state index contributed by atoms with van der Waals surface area (Å²) >= 11 is 5.99. The predicted octanol–water partition coefficient (Wildman–Crippen LogP) is 3.04. The molecule has 1 unspecified atom stereocenters. The van der Waals surface area contributed by atoms with Crippen molar-refractivity contribution in [3.05, 3.63) is 58.1 Å². The van der Waals surface area contributed by atoms with Crippen molar-refractivity contribution in [1.82, 2.24) is 4.90 Å². The van der Waals surface area contributed by atoms with Crippen LogP contribution in [-0.2, 0) is 15.0 Å². The van der Waals surface area contributed by atoms with E-state index in [2.05, 4.69) is 0 Å². The molecule has 1 amide bonds. The van der Waals surface area contributed by atoms with Gasteiger partial charge in [-0.25, -0.2) is 0 Å². The molecule has 1 heterocycles. The molecular weight excluding hydrogens is 324 g/mol. The molecule has 1 aliphatic carbocycles. The number of carbonyl (C=O) groups is 2. The zero-order valence-corrected chi connectivity index (χ0v) is 14.5. The van der Waals surface area contributed by atoms with E-state index < -0.39 is 10.8 Å². The number of amides is 1. The van der Waals surface area contributed by atoms with E-state index in [1.807, 2.05) is 12.1 Å². The van der Waals surface area contributed by atoms with Gasteiger partial charge in [-0.15, -0.1) is 0 Å². The number of halogens is 1. The Kier molecular flexibility index (Phi) is 3.65. The normalized spacial score (nSPS) is 25.5. The Bertz CT molecular complexity index is 843. The van der Waals surface area contributed by atoms with Gasteiger partial charge < -0.3 is 4.90 Å². The Morgan fingerprint density at radius 2 is 1.83 bits per heavy atom. The number of Topliss-reactive ketones (excluding diaryl/α,β-unsaturated/α-hetero) is 1. The minimum Gasteiger partial charge on any atom is -0.341 e. The highest BCUT2D eigenvalue weighted by Gasteiger charge is 2.56. The zero-order chi connectivity index (χ0) is 17.7. The molecule has 1 atom stereocenters. The predicted molar refractivity (Wildman–Crippen MR) is 91.3 cm³/mol. The van der Waals surface area contributed by atoms with Crippen molar-refractivity contribution in [3.8, 4) is 6.07 Å². The van der Waals surface area contributed by atoms with E-state index >= 15 is 0 Å². The molecule has 0 spiro atoms. The molecule has 0 radical (unpaired) electrons. The number of hydrogen-bond acceptors (Lipinski definition) is 3. The SMILES string of the molecule is CN1CC=C2C(C)(C)C(=O)C(C#N)=CC2(c2ccc(Cl)cc2)C1=O. The van der Waals surface area contributed by atoms with Crippen LogP contribution in [0.25, 0.3) is 0 Å². The number of fused-ring (bicyclic) bond motifs is 1. The van der Waals surface area contributed by atoms with E-state index in [1.165, 1.54) is 6.08 Å². The number of carbonyl (C=O) groups excluding carboxylic acids is 2. The standard InChI is InChI=1S/C19H17ClN2O2/c1-18(2)15-8-9-22(3)17(24)19(15,10-12(11-21)16(18)23)13-4-6-14(20)7-5-13/h4-8,10H,9H2,1-3H3. The van der Waals surface area contributed by atoms with Gasteiger partial charge in [-0.1, -0.05) is 29.8 Å². The van der Waals surface area contributed by atoms with E-state index in [1.54, 1.807) is 50.1 Å². The van der Waals surface area contributed by atoms with E-state index in [9.17, 15) is 14.9 Å². The lowest BCUT2D eigenvalue weighted by molar-refractivity contribution is -0.134. The Labute approximate surface area is 146 Å². The molecular formula is C19H17ClN2O2. The fraction of sp³-hybridized carbons (Fsp3) is 0.316. The van der Waals surface area contributed by atoms with Crippen LogP contribution in [0.5, 0.6) is 0 Å². The number of ketones is 1. The van der Waals surface area contributed by atoms with Crippen LogP contribution in [0, 0.1) is 16.7 Å². The first kappa shape index (κ1) is 16.5. The van der Waals surface area contributed by atoms with Gasteiger partial charge in [0.2, 0.25) is 5.91 Å². The summed E-state index contributed by atoms with van der Waals surface area (Å²) in [5, 5.41) is 10.00. The number of nitrogens with zero attached hydrogens (tertiary/aromatic N) is 2. The van der Waals surface area contributed by atoms with Crippen LogP contribution in [0.4, 0.5) is 0 Å². The maximum Gasteiger partial charge on any atom is 0.241 e. The molecule has 1 aromatic carbocycles. The van der Waals surface area contributed by atoms with Gasteiger partial charge in [-0.2, -0.15) is 5.26 Å². The lowest BCUT2D eigenvalue weighted by atomic mass is 9.56. The minimum atomic E-state index is -1.14. The quantitative estimate of drug-likeness (QED) is 0.738. The topological polar surface area (TPSA) is 61.2 Å². The molecule has 0 saturated carbocycles. The van der Waals surface area contributed by atoms with Crippen LogP contribution >= 0.6 is 11.6 Å². The van der Waals surface area contributed by atoms with Crippen molar-refractivity contribution < 1.29 is 9.59 Å². The summed E-state index contributed by atoms with van der Waals surface area (Å²) in [6, 6.07) is 8.97. The van der Waals surface area contributed by atoms with Crippen molar-refractivity contribution in [1.29, 1.82) is 5.26 Å². The fourth-order valence-corrected chi connectivity index (χ4v) is 3.80. The van der Waals surface area contributed by atoms with Crippen LogP contribution in [0.1, 0.15) is 19.4 Å². The number of nitriles is 1. The van der Waals surface area contributed by atoms with Gasteiger partial charge in [-0.3, -0.25) is 9.59 Å². The second-order valence-electron chi connectivity index (χ2n) is 6.74. The van der Waals surface area contributed by atoms with E-state index in [0.29, 0.717) is 17.1 Å².